The first-order chi connectivity index (χ1) is 9.76. The summed E-state index contributed by atoms with van der Waals surface area (Å²) in [6.07, 6.45) is 3.11. The van der Waals surface area contributed by atoms with E-state index in [1.54, 1.807) is 18.2 Å². The lowest BCUT2D eigenvalue weighted by Crippen LogP contribution is -2.42. The van der Waals surface area contributed by atoms with Crippen LogP contribution in [0.25, 0.3) is 0 Å². The molecule has 0 bridgehead atoms. The van der Waals surface area contributed by atoms with Gasteiger partial charge in [0.05, 0.1) is 10.5 Å². The number of thiocarbonyl (C=S) groups is 1. The van der Waals surface area contributed by atoms with E-state index >= 15 is 0 Å². The number of benzene rings is 1. The highest BCUT2D eigenvalue weighted by Gasteiger charge is 2.36. The number of hydrogen-bond acceptors (Lipinski definition) is 4. The largest absolute Gasteiger partial charge is 0.389 e. The molecule has 1 aromatic rings. The van der Waals surface area contributed by atoms with Gasteiger partial charge in [0.15, 0.2) is 0 Å². The maximum absolute atomic E-state index is 12.7. The van der Waals surface area contributed by atoms with E-state index in [-0.39, 0.29) is 16.4 Å². The summed E-state index contributed by atoms with van der Waals surface area (Å²) in [5.74, 6) is 0. The highest BCUT2D eigenvalue weighted by atomic mass is 32.2. The molecule has 0 unspecified atom stereocenters. The van der Waals surface area contributed by atoms with Crippen LogP contribution in [0.2, 0.25) is 0 Å². The van der Waals surface area contributed by atoms with E-state index in [2.05, 4.69) is 0 Å². The van der Waals surface area contributed by atoms with Gasteiger partial charge in [-0.1, -0.05) is 43.3 Å². The number of hydrogen-bond donors (Lipinski definition) is 2. The summed E-state index contributed by atoms with van der Waals surface area (Å²) >= 11 is 4.92. The molecule has 0 radical (unpaired) electrons. The average Bonchev–Trinajstić information content (AvgIpc) is 2.85. The van der Waals surface area contributed by atoms with Gasteiger partial charge in [0.1, 0.15) is 4.99 Å². The summed E-state index contributed by atoms with van der Waals surface area (Å²) in [6, 6.07) is 6.40. The van der Waals surface area contributed by atoms with Crippen molar-refractivity contribution < 1.29 is 13.5 Å². The molecular formula is C14H20N2O3S2. The fraction of sp³-hybridized carbons (Fsp3) is 0.500. The van der Waals surface area contributed by atoms with E-state index in [0.717, 1.165) is 12.8 Å². The van der Waals surface area contributed by atoms with Crippen molar-refractivity contribution in [2.24, 2.45) is 5.73 Å². The predicted octanol–water partition coefficient (Wildman–Crippen LogP) is 1.25. The summed E-state index contributed by atoms with van der Waals surface area (Å²) in [5, 5.41) is 10.4. The molecule has 0 saturated heterocycles. The van der Waals surface area contributed by atoms with Gasteiger partial charge in [-0.15, -0.1) is 0 Å². The van der Waals surface area contributed by atoms with Crippen molar-refractivity contribution in [1.82, 2.24) is 4.31 Å². The Morgan fingerprint density at radius 3 is 2.52 bits per heavy atom. The van der Waals surface area contributed by atoms with Crippen molar-refractivity contribution in [2.45, 2.75) is 36.2 Å². The third-order valence-corrected chi connectivity index (χ3v) is 5.97. The second-order valence-corrected chi connectivity index (χ2v) is 8.01. The van der Waals surface area contributed by atoms with Crippen LogP contribution in [0.5, 0.6) is 0 Å². The second-order valence-electron chi connectivity index (χ2n) is 5.55. The molecule has 0 amide bonds. The number of aliphatic hydroxyl groups is 1. The molecule has 7 heteroatoms. The van der Waals surface area contributed by atoms with Crippen LogP contribution in [0, 0.1) is 0 Å². The van der Waals surface area contributed by atoms with Crippen LogP contribution in [0.15, 0.2) is 29.2 Å². The summed E-state index contributed by atoms with van der Waals surface area (Å²) in [7, 11) is -2.26. The van der Waals surface area contributed by atoms with E-state index in [9.17, 15) is 13.5 Å². The van der Waals surface area contributed by atoms with Gasteiger partial charge < -0.3 is 10.8 Å². The Bertz CT molecular complexity index is 637. The van der Waals surface area contributed by atoms with E-state index in [1.807, 2.05) is 0 Å². The first-order valence-electron chi connectivity index (χ1n) is 6.84. The maximum atomic E-state index is 12.7. The smallest absolute Gasteiger partial charge is 0.243 e. The van der Waals surface area contributed by atoms with Crippen molar-refractivity contribution in [2.75, 3.05) is 13.6 Å². The van der Waals surface area contributed by atoms with Crippen molar-refractivity contribution in [3.8, 4) is 0 Å². The molecule has 21 heavy (non-hydrogen) atoms. The zero-order valence-electron chi connectivity index (χ0n) is 11.9. The van der Waals surface area contributed by atoms with Crippen molar-refractivity contribution in [3.63, 3.8) is 0 Å². The zero-order chi connectivity index (χ0) is 15.7. The van der Waals surface area contributed by atoms with Crippen LogP contribution in [0.3, 0.4) is 0 Å². The number of sulfonamides is 1. The molecule has 0 aliphatic heterocycles. The topological polar surface area (TPSA) is 83.6 Å². The minimum atomic E-state index is -3.73. The lowest BCUT2D eigenvalue weighted by atomic mass is 10.0. The number of nitrogens with two attached hydrogens (primary N) is 1. The van der Waals surface area contributed by atoms with E-state index in [1.165, 1.54) is 17.4 Å². The fourth-order valence-corrected chi connectivity index (χ4v) is 4.45. The van der Waals surface area contributed by atoms with Crippen LogP contribution in [-0.2, 0) is 10.0 Å². The number of rotatable bonds is 5. The van der Waals surface area contributed by atoms with Crippen LogP contribution < -0.4 is 5.73 Å². The second kappa shape index (κ2) is 6.00. The predicted molar refractivity (Wildman–Crippen MR) is 85.6 cm³/mol. The third kappa shape index (κ3) is 3.42. The van der Waals surface area contributed by atoms with Crippen LogP contribution in [0.1, 0.15) is 31.2 Å². The molecule has 3 N–H and O–H groups in total. The highest BCUT2D eigenvalue weighted by Crippen LogP contribution is 2.31. The first-order valence-corrected chi connectivity index (χ1v) is 8.69. The Labute approximate surface area is 130 Å². The van der Waals surface area contributed by atoms with Gasteiger partial charge in [-0.2, -0.15) is 4.31 Å². The van der Waals surface area contributed by atoms with Gasteiger partial charge >= 0.3 is 0 Å². The molecule has 0 atom stereocenters. The zero-order valence-corrected chi connectivity index (χ0v) is 13.6. The minimum Gasteiger partial charge on any atom is -0.389 e. The number of likely N-dealkylation sites (N-methyl/N-ethyl adjacent to an activating group) is 1. The monoisotopic (exact) mass is 328 g/mol. The molecule has 5 nitrogen and oxygen atoms in total. The molecule has 1 aliphatic carbocycles. The standard InChI is InChI=1S/C14H20N2O3S2/c1-16(10-14(17)8-4-5-9-14)21(18,19)12-7-3-2-6-11(12)13(15)20/h2-3,6-7,17H,4-5,8-10H2,1H3,(H2,15,20). The molecular weight excluding hydrogens is 308 g/mol. The molecule has 1 aliphatic rings. The highest BCUT2D eigenvalue weighted by molar-refractivity contribution is 7.89. The fourth-order valence-electron chi connectivity index (χ4n) is 2.75. The summed E-state index contributed by atoms with van der Waals surface area (Å²) in [4.78, 5) is 0.128. The van der Waals surface area contributed by atoms with E-state index in [0.29, 0.717) is 18.4 Å². The molecule has 1 saturated carbocycles. The summed E-state index contributed by atoms with van der Waals surface area (Å²) < 4.78 is 26.6. The SMILES string of the molecule is CN(CC1(O)CCCC1)S(=O)(=O)c1ccccc1C(N)=S. The van der Waals surface area contributed by atoms with E-state index < -0.39 is 15.6 Å². The van der Waals surface area contributed by atoms with Crippen LogP contribution >= 0.6 is 12.2 Å². The molecule has 1 fully saturated rings. The van der Waals surface area contributed by atoms with E-state index in [4.69, 9.17) is 18.0 Å². The third-order valence-electron chi connectivity index (χ3n) is 3.89. The van der Waals surface area contributed by atoms with Crippen molar-refractivity contribution >= 4 is 27.2 Å². The molecule has 1 aromatic carbocycles. The summed E-state index contributed by atoms with van der Waals surface area (Å²) in [5.41, 5.74) is 5.00. The van der Waals surface area contributed by atoms with Gasteiger partial charge in [0.25, 0.3) is 0 Å². The number of nitrogens with zero attached hydrogens (tertiary/aromatic N) is 1. The maximum Gasteiger partial charge on any atom is 0.243 e. The normalized spacial score (nSPS) is 18.0. The Morgan fingerprint density at radius 1 is 1.38 bits per heavy atom. The Kier molecular flexibility index (Phi) is 4.67. The Morgan fingerprint density at radius 2 is 1.95 bits per heavy atom. The van der Waals surface area contributed by atoms with Crippen molar-refractivity contribution in [3.05, 3.63) is 29.8 Å². The lowest BCUT2D eigenvalue weighted by molar-refractivity contribution is 0.0333. The van der Waals surface area contributed by atoms with Gasteiger partial charge in [-0.25, -0.2) is 8.42 Å². The van der Waals surface area contributed by atoms with Crippen molar-refractivity contribution in [1.29, 1.82) is 0 Å². The lowest BCUT2D eigenvalue weighted by Gasteiger charge is -2.28. The Hall–Kier alpha value is -1.02. The molecule has 116 valence electrons. The van der Waals surface area contributed by atoms with Gasteiger partial charge in [-0.05, 0) is 18.9 Å². The molecule has 0 spiro atoms. The van der Waals surface area contributed by atoms with Crippen LogP contribution in [0.4, 0.5) is 0 Å². The van der Waals surface area contributed by atoms with Gasteiger partial charge in [0.2, 0.25) is 10.0 Å². The Balaban J connectivity index is 2.31. The molecule has 0 aromatic heterocycles. The minimum absolute atomic E-state index is 0.0437. The van der Waals surface area contributed by atoms with Gasteiger partial charge in [-0.3, -0.25) is 0 Å². The molecule has 0 heterocycles. The van der Waals surface area contributed by atoms with Gasteiger partial charge in [0, 0.05) is 19.2 Å². The quantitative estimate of drug-likeness (QED) is 0.795. The molecule has 2 rings (SSSR count). The summed E-state index contributed by atoms with van der Waals surface area (Å²) in [6.45, 7) is 0.0843. The first kappa shape index (κ1) is 16.4. The van der Waals surface area contributed by atoms with Crippen LogP contribution in [-0.4, -0.2) is 42.0 Å². The average molecular weight is 328 g/mol.